The molecule has 0 radical (unpaired) electrons. The third-order valence-electron chi connectivity index (χ3n) is 3.52. The first-order valence-corrected chi connectivity index (χ1v) is 7.15. The maximum absolute atomic E-state index is 13.2. The number of hydrogen-bond acceptors (Lipinski definition) is 2. The zero-order chi connectivity index (χ0) is 14.0. The van der Waals surface area contributed by atoms with Gasteiger partial charge < -0.3 is 10.0 Å². The molecule has 1 fully saturated rings. The lowest BCUT2D eigenvalue weighted by Crippen LogP contribution is -2.33. The van der Waals surface area contributed by atoms with Gasteiger partial charge >= 0.3 is 0 Å². The van der Waals surface area contributed by atoms with E-state index in [1.165, 1.54) is 18.2 Å². The molecule has 3 nitrogen and oxygen atoms in total. The van der Waals surface area contributed by atoms with Crippen molar-refractivity contribution >= 4 is 21.8 Å². The summed E-state index contributed by atoms with van der Waals surface area (Å²) in [4.78, 5) is 14.1. The van der Waals surface area contributed by atoms with Gasteiger partial charge in [-0.05, 0) is 60.3 Å². The molecule has 0 bridgehead atoms. The van der Waals surface area contributed by atoms with Gasteiger partial charge in [0, 0.05) is 18.7 Å². The van der Waals surface area contributed by atoms with Gasteiger partial charge in [0.1, 0.15) is 5.82 Å². The molecule has 1 heterocycles. The van der Waals surface area contributed by atoms with Crippen LogP contribution in [-0.2, 0) is 0 Å². The summed E-state index contributed by atoms with van der Waals surface area (Å²) in [5.74, 6) is -0.492. The van der Waals surface area contributed by atoms with Gasteiger partial charge in [0.2, 0.25) is 0 Å². The Kier molecular flexibility index (Phi) is 4.26. The van der Waals surface area contributed by atoms with Crippen LogP contribution in [0.4, 0.5) is 4.39 Å². The molecule has 2 rings (SSSR count). The molecule has 104 valence electrons. The lowest BCUT2D eigenvalue weighted by atomic mass is 9.98. The molecule has 1 aliphatic rings. The van der Waals surface area contributed by atoms with Crippen LogP contribution in [0.25, 0.3) is 0 Å². The number of rotatable bonds is 1. The topological polar surface area (TPSA) is 40.5 Å². The first-order chi connectivity index (χ1) is 8.89. The van der Waals surface area contributed by atoms with Crippen molar-refractivity contribution in [1.82, 2.24) is 4.90 Å². The zero-order valence-corrected chi connectivity index (χ0v) is 12.4. The molecule has 1 amide bonds. The number of nitrogens with zero attached hydrogens (tertiary/aromatic N) is 1. The minimum Gasteiger partial charge on any atom is -0.390 e. The van der Waals surface area contributed by atoms with E-state index < -0.39 is 5.60 Å². The Labute approximate surface area is 120 Å². The molecule has 1 aliphatic heterocycles. The van der Waals surface area contributed by atoms with E-state index in [-0.39, 0.29) is 11.7 Å². The van der Waals surface area contributed by atoms with Crippen molar-refractivity contribution in [1.29, 1.82) is 0 Å². The van der Waals surface area contributed by atoms with E-state index >= 15 is 0 Å². The number of amides is 1. The highest BCUT2D eigenvalue weighted by Gasteiger charge is 2.27. The van der Waals surface area contributed by atoms with Gasteiger partial charge in [0.15, 0.2) is 0 Å². The van der Waals surface area contributed by atoms with Gasteiger partial charge in [-0.3, -0.25) is 4.79 Å². The van der Waals surface area contributed by atoms with Crippen LogP contribution >= 0.6 is 15.9 Å². The SMILES string of the molecule is CC1(O)CCCN(C(=O)c2ccc(F)c(Br)c2)CC1. The van der Waals surface area contributed by atoms with E-state index in [0.717, 1.165) is 6.42 Å². The average Bonchev–Trinajstić information content (AvgIpc) is 2.53. The smallest absolute Gasteiger partial charge is 0.253 e. The number of hydrogen-bond donors (Lipinski definition) is 1. The minimum atomic E-state index is -0.696. The first kappa shape index (κ1) is 14.5. The average molecular weight is 330 g/mol. The molecular weight excluding hydrogens is 313 g/mol. The van der Waals surface area contributed by atoms with Gasteiger partial charge in [-0.25, -0.2) is 4.39 Å². The van der Waals surface area contributed by atoms with Gasteiger partial charge in [-0.15, -0.1) is 0 Å². The van der Waals surface area contributed by atoms with Gasteiger partial charge in [-0.1, -0.05) is 0 Å². The number of halogens is 2. The van der Waals surface area contributed by atoms with E-state index in [4.69, 9.17) is 0 Å². The summed E-state index contributed by atoms with van der Waals surface area (Å²) >= 11 is 3.09. The van der Waals surface area contributed by atoms with Crippen molar-refractivity contribution in [3.8, 4) is 0 Å². The van der Waals surface area contributed by atoms with Crippen LogP contribution in [0.2, 0.25) is 0 Å². The fraction of sp³-hybridized carbons (Fsp3) is 0.500. The fourth-order valence-electron chi connectivity index (χ4n) is 2.28. The molecule has 1 N–H and O–H groups in total. The largest absolute Gasteiger partial charge is 0.390 e. The second-order valence-corrected chi connectivity index (χ2v) is 6.13. The van der Waals surface area contributed by atoms with Crippen LogP contribution in [0.1, 0.15) is 36.5 Å². The van der Waals surface area contributed by atoms with Gasteiger partial charge in [0.25, 0.3) is 5.91 Å². The normalized spacial score (nSPS) is 24.1. The molecule has 1 saturated heterocycles. The number of carbonyl (C=O) groups is 1. The molecule has 19 heavy (non-hydrogen) atoms. The van der Waals surface area contributed by atoms with Crippen LogP contribution in [0.5, 0.6) is 0 Å². The Morgan fingerprint density at radius 2 is 2.16 bits per heavy atom. The monoisotopic (exact) mass is 329 g/mol. The molecule has 0 aromatic heterocycles. The third kappa shape index (κ3) is 3.54. The fourth-order valence-corrected chi connectivity index (χ4v) is 2.66. The molecular formula is C14H17BrFNO2. The highest BCUT2D eigenvalue weighted by Crippen LogP contribution is 2.23. The minimum absolute atomic E-state index is 0.113. The summed E-state index contributed by atoms with van der Waals surface area (Å²) in [7, 11) is 0. The van der Waals surface area contributed by atoms with Crippen molar-refractivity contribution < 1.29 is 14.3 Å². The summed E-state index contributed by atoms with van der Waals surface area (Å²) in [5.41, 5.74) is -0.229. The van der Waals surface area contributed by atoms with Gasteiger partial charge in [0.05, 0.1) is 10.1 Å². The van der Waals surface area contributed by atoms with Crippen LogP contribution < -0.4 is 0 Å². The van der Waals surface area contributed by atoms with Gasteiger partial charge in [-0.2, -0.15) is 0 Å². The van der Waals surface area contributed by atoms with Crippen LogP contribution in [-0.4, -0.2) is 34.6 Å². The first-order valence-electron chi connectivity index (χ1n) is 6.36. The molecule has 1 unspecified atom stereocenters. The third-order valence-corrected chi connectivity index (χ3v) is 4.13. The van der Waals surface area contributed by atoms with E-state index in [0.29, 0.717) is 36.0 Å². The quantitative estimate of drug-likeness (QED) is 0.860. The van der Waals surface area contributed by atoms with Crippen LogP contribution in [0.15, 0.2) is 22.7 Å². The Balaban J connectivity index is 2.13. The summed E-state index contributed by atoms with van der Waals surface area (Å²) in [6.07, 6.45) is 2.05. The van der Waals surface area contributed by atoms with E-state index in [2.05, 4.69) is 15.9 Å². The summed E-state index contributed by atoms with van der Waals surface area (Å²) in [6.45, 7) is 2.96. The van der Waals surface area contributed by atoms with E-state index in [1.54, 1.807) is 11.8 Å². The highest BCUT2D eigenvalue weighted by atomic mass is 79.9. The number of benzene rings is 1. The molecule has 5 heteroatoms. The molecule has 1 aromatic rings. The van der Waals surface area contributed by atoms with Crippen molar-refractivity contribution in [3.63, 3.8) is 0 Å². The Bertz CT molecular complexity index is 490. The highest BCUT2D eigenvalue weighted by molar-refractivity contribution is 9.10. The van der Waals surface area contributed by atoms with Crippen LogP contribution in [0.3, 0.4) is 0 Å². The maximum Gasteiger partial charge on any atom is 0.253 e. The Morgan fingerprint density at radius 1 is 1.42 bits per heavy atom. The van der Waals surface area contributed by atoms with E-state index in [9.17, 15) is 14.3 Å². The number of aliphatic hydroxyl groups is 1. The van der Waals surface area contributed by atoms with Crippen molar-refractivity contribution in [2.75, 3.05) is 13.1 Å². The number of carbonyl (C=O) groups excluding carboxylic acids is 1. The van der Waals surface area contributed by atoms with Crippen molar-refractivity contribution in [2.24, 2.45) is 0 Å². The molecule has 0 saturated carbocycles. The summed E-state index contributed by atoms with van der Waals surface area (Å²) in [5, 5.41) is 10.0. The Morgan fingerprint density at radius 3 is 2.84 bits per heavy atom. The Hall–Kier alpha value is -0.940. The molecule has 1 atom stereocenters. The predicted octanol–water partition coefficient (Wildman–Crippen LogP) is 2.97. The van der Waals surface area contributed by atoms with E-state index in [1.807, 2.05) is 0 Å². The molecule has 1 aromatic carbocycles. The van der Waals surface area contributed by atoms with Crippen molar-refractivity contribution in [3.05, 3.63) is 34.1 Å². The molecule has 0 spiro atoms. The number of likely N-dealkylation sites (tertiary alicyclic amines) is 1. The molecule has 0 aliphatic carbocycles. The second-order valence-electron chi connectivity index (χ2n) is 5.27. The summed E-state index contributed by atoms with van der Waals surface area (Å²) in [6, 6.07) is 4.28. The lowest BCUT2D eigenvalue weighted by molar-refractivity contribution is 0.0438. The zero-order valence-electron chi connectivity index (χ0n) is 10.8. The lowest BCUT2D eigenvalue weighted by Gasteiger charge is -2.22. The summed E-state index contributed by atoms with van der Waals surface area (Å²) < 4.78 is 13.5. The standard InChI is InChI=1S/C14H17BrFNO2/c1-14(19)5-2-7-17(8-6-14)13(18)10-3-4-12(16)11(15)9-10/h3-4,9,19H,2,5-8H2,1H3. The van der Waals surface area contributed by atoms with Crippen molar-refractivity contribution in [2.45, 2.75) is 31.8 Å². The second kappa shape index (κ2) is 5.59. The predicted molar refractivity (Wildman–Crippen MR) is 74.5 cm³/mol. The maximum atomic E-state index is 13.2. The van der Waals surface area contributed by atoms with Crippen LogP contribution in [0, 0.1) is 5.82 Å².